The van der Waals surface area contributed by atoms with Crippen molar-refractivity contribution in [1.29, 1.82) is 0 Å². The maximum Gasteiger partial charge on any atom is 0.132 e. The van der Waals surface area contributed by atoms with Crippen molar-refractivity contribution in [1.82, 2.24) is 10.3 Å². The molecule has 1 aromatic heterocycles. The van der Waals surface area contributed by atoms with Crippen molar-refractivity contribution in [2.24, 2.45) is 0 Å². The minimum absolute atomic E-state index is 0.206. The van der Waals surface area contributed by atoms with E-state index >= 15 is 0 Å². The number of hydrogen-bond acceptors (Lipinski definition) is 4. The van der Waals surface area contributed by atoms with Crippen LogP contribution in [-0.4, -0.2) is 30.2 Å². The Kier molecular flexibility index (Phi) is 2.57. The summed E-state index contributed by atoms with van der Waals surface area (Å²) in [6.07, 6.45) is 2.35. The monoisotopic (exact) mass is 259 g/mol. The van der Waals surface area contributed by atoms with Gasteiger partial charge in [-0.3, -0.25) is 0 Å². The molecule has 1 N–H and O–H groups in total. The Balaban J connectivity index is 1.78. The second-order valence-electron chi connectivity index (χ2n) is 6.00. The van der Waals surface area contributed by atoms with Crippen LogP contribution >= 0.6 is 0 Å². The molecule has 19 heavy (non-hydrogen) atoms. The highest BCUT2D eigenvalue weighted by Gasteiger charge is 2.38. The summed E-state index contributed by atoms with van der Waals surface area (Å²) in [6.45, 7) is 7.34. The van der Waals surface area contributed by atoms with Gasteiger partial charge in [0, 0.05) is 30.7 Å². The highest BCUT2D eigenvalue weighted by molar-refractivity contribution is 5.58. The van der Waals surface area contributed by atoms with E-state index in [9.17, 15) is 0 Å². The summed E-state index contributed by atoms with van der Waals surface area (Å²) in [5, 5.41) is 3.52. The topological polar surface area (TPSA) is 37.4 Å². The quantitative estimate of drug-likeness (QED) is 0.834. The van der Waals surface area contributed by atoms with E-state index in [0.29, 0.717) is 12.1 Å². The Bertz CT molecular complexity index is 516. The van der Waals surface area contributed by atoms with E-state index in [-0.39, 0.29) is 6.10 Å². The molecule has 0 aromatic carbocycles. The minimum Gasteiger partial charge on any atom is -0.367 e. The van der Waals surface area contributed by atoms with Crippen molar-refractivity contribution in [3.63, 3.8) is 0 Å². The van der Waals surface area contributed by atoms with Gasteiger partial charge in [-0.15, -0.1) is 0 Å². The van der Waals surface area contributed by atoms with E-state index < -0.39 is 0 Å². The molecule has 102 valence electrons. The van der Waals surface area contributed by atoms with Gasteiger partial charge in [0.2, 0.25) is 0 Å². The van der Waals surface area contributed by atoms with Gasteiger partial charge in [-0.1, -0.05) is 6.92 Å². The fourth-order valence-corrected chi connectivity index (χ4v) is 3.78. The number of aromatic nitrogens is 1. The number of nitrogens with one attached hydrogen (secondary N) is 1. The van der Waals surface area contributed by atoms with Gasteiger partial charge in [0.15, 0.2) is 0 Å². The molecule has 0 amide bonds. The van der Waals surface area contributed by atoms with Gasteiger partial charge in [-0.2, -0.15) is 0 Å². The van der Waals surface area contributed by atoms with Gasteiger partial charge in [0.25, 0.3) is 0 Å². The van der Waals surface area contributed by atoms with Crippen LogP contribution in [0.3, 0.4) is 0 Å². The van der Waals surface area contributed by atoms with Crippen molar-refractivity contribution in [3.05, 3.63) is 22.9 Å². The van der Waals surface area contributed by atoms with Gasteiger partial charge < -0.3 is 15.0 Å². The first-order valence-corrected chi connectivity index (χ1v) is 7.41. The molecule has 0 radical (unpaired) electrons. The van der Waals surface area contributed by atoms with Crippen LogP contribution in [0.15, 0.2) is 6.07 Å². The summed E-state index contributed by atoms with van der Waals surface area (Å²) in [5.74, 6) is 1.22. The van der Waals surface area contributed by atoms with E-state index in [0.717, 1.165) is 32.5 Å². The molecule has 0 aliphatic carbocycles. The van der Waals surface area contributed by atoms with E-state index in [4.69, 9.17) is 9.72 Å². The third kappa shape index (κ3) is 1.63. The number of fused-ring (bicyclic) bond motifs is 4. The summed E-state index contributed by atoms with van der Waals surface area (Å²) in [4.78, 5) is 7.52. The van der Waals surface area contributed by atoms with Gasteiger partial charge in [-0.25, -0.2) is 4.98 Å². The SMILES string of the molecule is CC[C@@H]1OCc2cc3c(nc21)N1[C@@H](CNC[C@H]1C)C3. The molecule has 0 saturated carbocycles. The third-order valence-corrected chi connectivity index (χ3v) is 4.69. The zero-order chi connectivity index (χ0) is 13.0. The number of hydrogen-bond donors (Lipinski definition) is 1. The van der Waals surface area contributed by atoms with E-state index in [1.807, 2.05) is 0 Å². The molecule has 4 heterocycles. The van der Waals surface area contributed by atoms with Crippen LogP contribution in [0.2, 0.25) is 0 Å². The predicted molar refractivity (Wildman–Crippen MR) is 74.4 cm³/mol. The Labute approximate surface area is 114 Å². The molecule has 0 spiro atoms. The summed E-state index contributed by atoms with van der Waals surface area (Å²) in [6, 6.07) is 3.47. The van der Waals surface area contributed by atoms with Gasteiger partial charge in [-0.05, 0) is 31.4 Å². The summed E-state index contributed by atoms with van der Waals surface area (Å²) >= 11 is 0. The molecule has 3 aliphatic rings. The van der Waals surface area contributed by atoms with Gasteiger partial charge in [0.05, 0.1) is 12.3 Å². The molecule has 0 unspecified atom stereocenters. The van der Waals surface area contributed by atoms with Crippen LogP contribution in [0, 0.1) is 0 Å². The van der Waals surface area contributed by atoms with Crippen molar-refractivity contribution in [3.8, 4) is 0 Å². The molecular weight excluding hydrogens is 238 g/mol. The molecule has 4 heteroatoms. The highest BCUT2D eigenvalue weighted by atomic mass is 16.5. The maximum atomic E-state index is 5.82. The average Bonchev–Trinajstić information content (AvgIpc) is 2.96. The lowest BCUT2D eigenvalue weighted by atomic mass is 10.1. The number of nitrogens with zero attached hydrogens (tertiary/aromatic N) is 2. The molecule has 0 bridgehead atoms. The standard InChI is InChI=1S/C15H21N3O/c1-3-13-14-11(8-19-13)4-10-5-12-7-16-6-9(2)18(12)15(10)17-14/h4,9,12-13,16H,3,5-8H2,1-2H3/t9-,12-,13+/m1/s1. The molecule has 1 saturated heterocycles. The summed E-state index contributed by atoms with van der Waals surface area (Å²) in [5.41, 5.74) is 3.92. The van der Waals surface area contributed by atoms with E-state index in [2.05, 4.69) is 30.1 Å². The molecule has 3 aliphatic heterocycles. The van der Waals surface area contributed by atoms with Crippen LogP contribution in [0.4, 0.5) is 5.82 Å². The maximum absolute atomic E-state index is 5.82. The molecular formula is C15H21N3O. The van der Waals surface area contributed by atoms with Gasteiger partial charge >= 0.3 is 0 Å². The number of piperazine rings is 1. The van der Waals surface area contributed by atoms with Crippen LogP contribution in [0.5, 0.6) is 0 Å². The smallest absolute Gasteiger partial charge is 0.132 e. The molecule has 1 fully saturated rings. The molecule has 4 nitrogen and oxygen atoms in total. The first-order chi connectivity index (χ1) is 9.28. The van der Waals surface area contributed by atoms with Crippen LogP contribution in [0.1, 0.15) is 43.2 Å². The highest BCUT2D eigenvalue weighted by Crippen LogP contribution is 2.39. The van der Waals surface area contributed by atoms with Crippen molar-refractivity contribution in [2.45, 2.75) is 51.5 Å². The first kappa shape index (κ1) is 11.7. The minimum atomic E-state index is 0.206. The largest absolute Gasteiger partial charge is 0.367 e. The Morgan fingerprint density at radius 1 is 1.42 bits per heavy atom. The van der Waals surface area contributed by atoms with Crippen molar-refractivity contribution >= 4 is 5.82 Å². The number of pyridine rings is 1. The Morgan fingerprint density at radius 3 is 3.16 bits per heavy atom. The lowest BCUT2D eigenvalue weighted by molar-refractivity contribution is 0.0618. The third-order valence-electron chi connectivity index (χ3n) is 4.69. The van der Waals surface area contributed by atoms with Gasteiger partial charge in [0.1, 0.15) is 11.9 Å². The molecule has 3 atom stereocenters. The number of anilines is 1. The fraction of sp³-hybridized carbons (Fsp3) is 0.667. The summed E-state index contributed by atoms with van der Waals surface area (Å²) in [7, 11) is 0. The molecule has 4 rings (SSSR count). The Morgan fingerprint density at radius 2 is 2.32 bits per heavy atom. The van der Waals surface area contributed by atoms with E-state index in [1.54, 1.807) is 0 Å². The normalized spacial score (nSPS) is 32.1. The fourth-order valence-electron chi connectivity index (χ4n) is 3.78. The molecule has 1 aromatic rings. The predicted octanol–water partition coefficient (Wildman–Crippen LogP) is 1.79. The first-order valence-electron chi connectivity index (χ1n) is 7.41. The van der Waals surface area contributed by atoms with Crippen LogP contribution in [0.25, 0.3) is 0 Å². The summed E-state index contributed by atoms with van der Waals surface area (Å²) < 4.78 is 5.82. The lowest BCUT2D eigenvalue weighted by Gasteiger charge is -2.37. The van der Waals surface area contributed by atoms with E-state index in [1.165, 1.54) is 22.6 Å². The van der Waals surface area contributed by atoms with Crippen molar-refractivity contribution in [2.75, 3.05) is 18.0 Å². The zero-order valence-corrected chi connectivity index (χ0v) is 11.6. The number of ether oxygens (including phenoxy) is 1. The lowest BCUT2D eigenvalue weighted by Crippen LogP contribution is -2.55. The average molecular weight is 259 g/mol. The second-order valence-corrected chi connectivity index (χ2v) is 6.00. The van der Waals surface area contributed by atoms with Crippen molar-refractivity contribution < 1.29 is 4.74 Å². The second kappa shape index (κ2) is 4.18. The Hall–Kier alpha value is -1.13. The number of rotatable bonds is 1. The van der Waals surface area contributed by atoms with Crippen LogP contribution < -0.4 is 10.2 Å². The van der Waals surface area contributed by atoms with Crippen LogP contribution in [-0.2, 0) is 17.8 Å². The zero-order valence-electron chi connectivity index (χ0n) is 11.6.